The molecule has 0 aliphatic heterocycles. The molecule has 0 radical (unpaired) electrons. The van der Waals surface area contributed by atoms with Crippen LogP contribution >= 0.6 is 0 Å². The lowest BCUT2D eigenvalue weighted by atomic mass is 9.73. The molecule has 0 bridgehead atoms. The summed E-state index contributed by atoms with van der Waals surface area (Å²) in [5.74, 6) is -0.681. The van der Waals surface area contributed by atoms with Gasteiger partial charge in [-0.05, 0) is 42.4 Å². The van der Waals surface area contributed by atoms with Gasteiger partial charge in [0, 0.05) is 0 Å². The fourth-order valence-corrected chi connectivity index (χ4v) is 3.08. The lowest BCUT2D eigenvalue weighted by Crippen LogP contribution is -2.31. The van der Waals surface area contributed by atoms with Gasteiger partial charge in [0.15, 0.2) is 0 Å². The van der Waals surface area contributed by atoms with E-state index in [2.05, 4.69) is 62.3 Å². The Morgan fingerprint density at radius 2 is 1.09 bits per heavy atom. The van der Waals surface area contributed by atoms with Crippen molar-refractivity contribution in [1.82, 2.24) is 0 Å². The van der Waals surface area contributed by atoms with E-state index < -0.39 is 11.4 Å². The second-order valence-corrected chi connectivity index (χ2v) is 10.2. The van der Waals surface area contributed by atoms with E-state index in [1.165, 1.54) is 12.8 Å². The van der Waals surface area contributed by atoms with Crippen molar-refractivity contribution >= 4 is 5.97 Å². The molecule has 1 N–H and O–H groups in total. The fraction of sp³-hybridized carbons (Fsp3) is 0.950. The van der Waals surface area contributed by atoms with Gasteiger partial charge >= 0.3 is 5.97 Å². The fourth-order valence-electron chi connectivity index (χ4n) is 3.08. The molecule has 0 aromatic carbocycles. The molecule has 0 aromatic rings. The standard InChI is InChI=1S/C10H20O2.C10H22/c1-6-10(5,8(11)12)7-9(2,3)4;1-7-10(5,6)8-9(2,3)4/h6-7H2,1-5H3,(H,11,12);7-8H2,1-6H3. The Morgan fingerprint density at radius 3 is 1.18 bits per heavy atom. The number of carboxylic acids is 1. The number of hydrogen-bond acceptors (Lipinski definition) is 1. The molecule has 1 unspecified atom stereocenters. The van der Waals surface area contributed by atoms with Crippen LogP contribution in [0.1, 0.15) is 102 Å². The molecule has 0 amide bonds. The summed E-state index contributed by atoms with van der Waals surface area (Å²) in [5, 5.41) is 9.00. The molecule has 0 rings (SSSR count). The van der Waals surface area contributed by atoms with Crippen molar-refractivity contribution in [3.63, 3.8) is 0 Å². The Morgan fingerprint density at radius 1 is 0.727 bits per heavy atom. The van der Waals surface area contributed by atoms with Gasteiger partial charge in [0.25, 0.3) is 0 Å². The topological polar surface area (TPSA) is 37.3 Å². The summed E-state index contributed by atoms with van der Waals surface area (Å²) in [7, 11) is 0. The summed E-state index contributed by atoms with van der Waals surface area (Å²) < 4.78 is 0. The van der Waals surface area contributed by atoms with Crippen LogP contribution in [0.25, 0.3) is 0 Å². The molecule has 134 valence electrons. The van der Waals surface area contributed by atoms with Crippen LogP contribution < -0.4 is 0 Å². The molecule has 0 aliphatic rings. The molecular formula is C20H42O2. The number of carboxylic acid groups (broad SMARTS) is 1. The molecule has 2 nitrogen and oxygen atoms in total. The van der Waals surface area contributed by atoms with Gasteiger partial charge in [0.1, 0.15) is 0 Å². The molecule has 0 heterocycles. The largest absolute Gasteiger partial charge is 0.481 e. The first-order chi connectivity index (χ1) is 9.48. The van der Waals surface area contributed by atoms with Crippen molar-refractivity contribution < 1.29 is 9.90 Å². The Kier molecular flexibility index (Phi) is 9.02. The van der Waals surface area contributed by atoms with Gasteiger partial charge in [0.2, 0.25) is 0 Å². The first kappa shape index (κ1) is 23.7. The average molecular weight is 315 g/mol. The molecule has 0 saturated carbocycles. The molecule has 0 fully saturated rings. The van der Waals surface area contributed by atoms with Crippen LogP contribution in [-0.2, 0) is 4.79 Å². The van der Waals surface area contributed by atoms with Crippen LogP contribution in [0.15, 0.2) is 0 Å². The SMILES string of the molecule is CCC(C)(C)CC(C)(C)C.CCC(C)(CC(C)(C)C)C(=O)O. The number of hydrogen-bond donors (Lipinski definition) is 1. The van der Waals surface area contributed by atoms with Gasteiger partial charge in [-0.2, -0.15) is 0 Å². The van der Waals surface area contributed by atoms with Crippen molar-refractivity contribution in [3.8, 4) is 0 Å². The monoisotopic (exact) mass is 314 g/mol. The van der Waals surface area contributed by atoms with E-state index >= 15 is 0 Å². The number of rotatable bonds is 5. The minimum absolute atomic E-state index is 0.0865. The van der Waals surface area contributed by atoms with Gasteiger partial charge in [-0.15, -0.1) is 0 Å². The maximum Gasteiger partial charge on any atom is 0.309 e. The summed E-state index contributed by atoms with van der Waals surface area (Å²) in [6.45, 7) is 23.9. The Hall–Kier alpha value is -0.530. The maximum absolute atomic E-state index is 10.9. The zero-order chi connectivity index (χ0) is 18.4. The Bertz CT molecular complexity index is 329. The van der Waals surface area contributed by atoms with Gasteiger partial charge in [-0.3, -0.25) is 4.79 Å². The minimum atomic E-state index is -0.681. The average Bonchev–Trinajstić information content (AvgIpc) is 2.24. The number of carbonyl (C=O) groups is 1. The molecule has 0 aliphatic carbocycles. The third-order valence-corrected chi connectivity index (χ3v) is 4.18. The van der Waals surface area contributed by atoms with Crippen molar-refractivity contribution in [2.75, 3.05) is 0 Å². The highest BCUT2D eigenvalue weighted by molar-refractivity contribution is 5.74. The molecule has 22 heavy (non-hydrogen) atoms. The first-order valence-corrected chi connectivity index (χ1v) is 8.71. The van der Waals surface area contributed by atoms with Gasteiger partial charge in [0.05, 0.1) is 5.41 Å². The summed E-state index contributed by atoms with van der Waals surface area (Å²) in [4.78, 5) is 10.9. The lowest BCUT2D eigenvalue weighted by Gasteiger charge is -2.31. The smallest absolute Gasteiger partial charge is 0.309 e. The van der Waals surface area contributed by atoms with E-state index in [-0.39, 0.29) is 5.41 Å². The van der Waals surface area contributed by atoms with Crippen LogP contribution in [0.3, 0.4) is 0 Å². The predicted octanol–water partition coefficient (Wildman–Crippen LogP) is 6.78. The minimum Gasteiger partial charge on any atom is -0.481 e. The second-order valence-electron chi connectivity index (χ2n) is 10.2. The second kappa shape index (κ2) is 8.36. The lowest BCUT2D eigenvalue weighted by molar-refractivity contribution is -0.150. The molecular weight excluding hydrogens is 272 g/mol. The van der Waals surface area contributed by atoms with Crippen LogP contribution in [-0.4, -0.2) is 11.1 Å². The van der Waals surface area contributed by atoms with E-state index in [1.54, 1.807) is 0 Å². The molecule has 0 aromatic heterocycles. The van der Waals surface area contributed by atoms with E-state index in [1.807, 2.05) is 13.8 Å². The Labute approximate surface area is 140 Å². The predicted molar refractivity (Wildman–Crippen MR) is 98.2 cm³/mol. The van der Waals surface area contributed by atoms with Crippen molar-refractivity contribution in [3.05, 3.63) is 0 Å². The third kappa shape index (κ3) is 12.1. The molecule has 0 spiro atoms. The third-order valence-electron chi connectivity index (χ3n) is 4.18. The van der Waals surface area contributed by atoms with Crippen LogP contribution in [0, 0.1) is 21.7 Å². The highest BCUT2D eigenvalue weighted by atomic mass is 16.4. The first-order valence-electron chi connectivity index (χ1n) is 8.71. The highest BCUT2D eigenvalue weighted by Crippen LogP contribution is 2.36. The summed E-state index contributed by atoms with van der Waals surface area (Å²) >= 11 is 0. The van der Waals surface area contributed by atoms with Crippen molar-refractivity contribution in [2.24, 2.45) is 21.7 Å². The van der Waals surface area contributed by atoms with Crippen LogP contribution in [0.5, 0.6) is 0 Å². The number of aliphatic carboxylic acids is 1. The van der Waals surface area contributed by atoms with Crippen molar-refractivity contribution in [2.45, 2.75) is 102 Å². The molecule has 2 heteroatoms. The van der Waals surface area contributed by atoms with E-state index in [0.717, 1.165) is 6.42 Å². The summed E-state index contributed by atoms with van der Waals surface area (Å²) in [6.07, 6.45) is 4.02. The van der Waals surface area contributed by atoms with E-state index in [0.29, 0.717) is 17.3 Å². The summed E-state index contributed by atoms with van der Waals surface area (Å²) in [6, 6.07) is 0. The van der Waals surface area contributed by atoms with Crippen LogP contribution in [0.2, 0.25) is 0 Å². The summed E-state index contributed by atoms with van der Waals surface area (Å²) in [5.41, 5.74) is 0.541. The Balaban J connectivity index is 0. The van der Waals surface area contributed by atoms with E-state index in [9.17, 15) is 4.79 Å². The van der Waals surface area contributed by atoms with E-state index in [4.69, 9.17) is 5.11 Å². The van der Waals surface area contributed by atoms with Gasteiger partial charge in [-0.25, -0.2) is 0 Å². The van der Waals surface area contributed by atoms with Gasteiger partial charge < -0.3 is 5.11 Å². The zero-order valence-electron chi connectivity index (χ0n) is 17.2. The van der Waals surface area contributed by atoms with Gasteiger partial charge in [-0.1, -0.05) is 75.7 Å². The van der Waals surface area contributed by atoms with Crippen molar-refractivity contribution in [1.29, 1.82) is 0 Å². The molecule has 0 saturated heterocycles. The quantitative estimate of drug-likeness (QED) is 0.607. The molecule has 1 atom stereocenters. The normalized spacial score (nSPS) is 15.6. The highest BCUT2D eigenvalue weighted by Gasteiger charge is 2.35. The van der Waals surface area contributed by atoms with Crippen LogP contribution in [0.4, 0.5) is 0 Å². The zero-order valence-corrected chi connectivity index (χ0v) is 17.2. The maximum atomic E-state index is 10.9.